The second kappa shape index (κ2) is 8.73. The summed E-state index contributed by atoms with van der Waals surface area (Å²) in [7, 11) is 0. The van der Waals surface area contributed by atoms with E-state index in [1.54, 1.807) is 0 Å². The zero-order chi connectivity index (χ0) is 14.8. The van der Waals surface area contributed by atoms with Crippen LogP contribution in [0.25, 0.3) is 6.08 Å². The average molecular weight is 264 g/mol. The first kappa shape index (κ1) is 15.7. The first-order chi connectivity index (χ1) is 9.76. The summed E-state index contributed by atoms with van der Waals surface area (Å²) in [6.07, 6.45) is 5.23. The van der Waals surface area contributed by atoms with Crippen LogP contribution in [-0.4, -0.2) is 0 Å². The van der Waals surface area contributed by atoms with E-state index in [4.69, 9.17) is 0 Å². The molecule has 2 heteroatoms. The molecule has 0 saturated heterocycles. The van der Waals surface area contributed by atoms with Crippen LogP contribution in [0.4, 0.5) is 0 Å². The fraction of sp³-hybridized carbons (Fsp3) is 0.333. The smallest absolute Gasteiger partial charge is 0.0995 e. The summed E-state index contributed by atoms with van der Waals surface area (Å²) in [6, 6.07) is 14.3. The van der Waals surface area contributed by atoms with Gasteiger partial charge in [0.2, 0.25) is 0 Å². The number of nitriles is 2. The van der Waals surface area contributed by atoms with E-state index in [-0.39, 0.29) is 0 Å². The molecule has 0 radical (unpaired) electrons. The van der Waals surface area contributed by atoms with Gasteiger partial charge >= 0.3 is 0 Å². The van der Waals surface area contributed by atoms with E-state index >= 15 is 0 Å². The lowest BCUT2D eigenvalue weighted by Gasteiger charge is -2.08. The molecule has 0 aliphatic heterocycles. The van der Waals surface area contributed by atoms with Gasteiger partial charge in [-0.15, -0.1) is 0 Å². The van der Waals surface area contributed by atoms with Gasteiger partial charge in [0.05, 0.1) is 17.7 Å². The van der Waals surface area contributed by atoms with Crippen molar-refractivity contribution in [1.82, 2.24) is 0 Å². The third kappa shape index (κ3) is 4.41. The number of hydrogen-bond donors (Lipinski definition) is 0. The van der Waals surface area contributed by atoms with Crippen LogP contribution in [0.5, 0.6) is 0 Å². The van der Waals surface area contributed by atoms with Gasteiger partial charge in [0, 0.05) is 5.57 Å². The van der Waals surface area contributed by atoms with Crippen molar-refractivity contribution in [3.63, 3.8) is 0 Å². The summed E-state index contributed by atoms with van der Waals surface area (Å²) in [6.45, 7) is 4.12. The van der Waals surface area contributed by atoms with Crippen LogP contribution in [0.2, 0.25) is 0 Å². The Hall–Kier alpha value is -2.32. The van der Waals surface area contributed by atoms with Crippen molar-refractivity contribution in [3.05, 3.63) is 52.6 Å². The van der Waals surface area contributed by atoms with E-state index in [0.717, 1.165) is 42.4 Å². The summed E-state index contributed by atoms with van der Waals surface area (Å²) < 4.78 is 0. The minimum atomic E-state index is 0.614. The molecule has 0 N–H and O–H groups in total. The highest BCUT2D eigenvalue weighted by molar-refractivity contribution is 5.65. The Morgan fingerprint density at radius 2 is 1.65 bits per heavy atom. The van der Waals surface area contributed by atoms with Crippen molar-refractivity contribution in [2.75, 3.05) is 0 Å². The summed E-state index contributed by atoms with van der Waals surface area (Å²) in [5, 5.41) is 18.8. The number of benzene rings is 1. The van der Waals surface area contributed by atoms with Crippen LogP contribution in [-0.2, 0) is 0 Å². The predicted octanol–water partition coefficient (Wildman–Crippen LogP) is 5.01. The van der Waals surface area contributed by atoms with Crippen LogP contribution in [0.3, 0.4) is 0 Å². The topological polar surface area (TPSA) is 47.6 Å². The fourth-order valence-corrected chi connectivity index (χ4v) is 2.13. The molecule has 102 valence electrons. The maximum atomic E-state index is 9.44. The highest BCUT2D eigenvalue weighted by atomic mass is 14.3. The Labute approximate surface area is 121 Å². The van der Waals surface area contributed by atoms with Gasteiger partial charge in [0.1, 0.15) is 0 Å². The standard InChI is InChI=1S/C18H20N2/c1-3-8-16(13-19)18(9-4-2)17(14-20)12-15-10-6-5-7-11-15/h5-7,10-12H,3-4,8-9H2,1-2H3/b17-12-,18-16-. The molecule has 0 spiro atoms. The largest absolute Gasteiger partial charge is 0.193 e. The molecule has 0 fully saturated rings. The molecule has 1 aromatic rings. The first-order valence-corrected chi connectivity index (χ1v) is 7.06. The van der Waals surface area contributed by atoms with E-state index in [0.29, 0.717) is 5.57 Å². The van der Waals surface area contributed by atoms with Crippen molar-refractivity contribution >= 4 is 6.08 Å². The molecule has 0 aliphatic rings. The van der Waals surface area contributed by atoms with Gasteiger partial charge in [-0.3, -0.25) is 0 Å². The van der Waals surface area contributed by atoms with E-state index < -0.39 is 0 Å². The summed E-state index contributed by atoms with van der Waals surface area (Å²) in [5.74, 6) is 0. The van der Waals surface area contributed by atoms with Gasteiger partial charge in [0.15, 0.2) is 0 Å². The lowest BCUT2D eigenvalue weighted by atomic mass is 9.93. The van der Waals surface area contributed by atoms with Gasteiger partial charge in [-0.2, -0.15) is 10.5 Å². The molecule has 0 saturated carbocycles. The van der Waals surface area contributed by atoms with Gasteiger partial charge in [-0.1, -0.05) is 57.0 Å². The van der Waals surface area contributed by atoms with Crippen molar-refractivity contribution in [1.29, 1.82) is 10.5 Å². The molecular weight excluding hydrogens is 244 g/mol. The zero-order valence-corrected chi connectivity index (χ0v) is 12.2. The van der Waals surface area contributed by atoms with Gasteiger partial charge in [-0.25, -0.2) is 0 Å². The van der Waals surface area contributed by atoms with Gasteiger partial charge < -0.3 is 0 Å². The van der Waals surface area contributed by atoms with Crippen LogP contribution in [0.15, 0.2) is 47.1 Å². The second-order valence-corrected chi connectivity index (χ2v) is 4.65. The molecular formula is C18H20N2. The second-order valence-electron chi connectivity index (χ2n) is 4.65. The van der Waals surface area contributed by atoms with Crippen LogP contribution >= 0.6 is 0 Å². The monoisotopic (exact) mass is 264 g/mol. The minimum absolute atomic E-state index is 0.614. The highest BCUT2D eigenvalue weighted by Crippen LogP contribution is 2.24. The van der Waals surface area contributed by atoms with E-state index in [1.165, 1.54) is 0 Å². The van der Waals surface area contributed by atoms with Crippen LogP contribution < -0.4 is 0 Å². The van der Waals surface area contributed by atoms with Crippen molar-refractivity contribution < 1.29 is 0 Å². The van der Waals surface area contributed by atoms with E-state index in [2.05, 4.69) is 19.1 Å². The number of nitrogens with zero attached hydrogens (tertiary/aromatic N) is 2. The summed E-state index contributed by atoms with van der Waals surface area (Å²) in [4.78, 5) is 0. The van der Waals surface area contributed by atoms with Crippen LogP contribution in [0.1, 0.15) is 45.1 Å². The quantitative estimate of drug-likeness (QED) is 0.535. The van der Waals surface area contributed by atoms with E-state index in [1.807, 2.05) is 43.3 Å². The number of rotatable bonds is 6. The number of allylic oxidation sites excluding steroid dienone is 3. The molecule has 0 aromatic heterocycles. The lowest BCUT2D eigenvalue weighted by Crippen LogP contribution is -1.95. The zero-order valence-electron chi connectivity index (χ0n) is 12.2. The maximum Gasteiger partial charge on any atom is 0.0995 e. The van der Waals surface area contributed by atoms with Crippen molar-refractivity contribution in [2.45, 2.75) is 39.5 Å². The van der Waals surface area contributed by atoms with Gasteiger partial charge in [-0.05, 0) is 30.1 Å². The predicted molar refractivity (Wildman–Crippen MR) is 82.5 cm³/mol. The Kier molecular flexibility index (Phi) is 6.87. The molecule has 0 aliphatic carbocycles. The molecule has 1 rings (SSSR count). The van der Waals surface area contributed by atoms with Gasteiger partial charge in [0.25, 0.3) is 0 Å². The average Bonchev–Trinajstić information content (AvgIpc) is 2.49. The molecule has 0 unspecified atom stereocenters. The molecule has 20 heavy (non-hydrogen) atoms. The Bertz CT molecular complexity index is 566. The third-order valence-electron chi connectivity index (χ3n) is 3.06. The minimum Gasteiger partial charge on any atom is -0.193 e. The summed E-state index contributed by atoms with van der Waals surface area (Å²) >= 11 is 0. The normalized spacial score (nSPS) is 12.3. The number of hydrogen-bond acceptors (Lipinski definition) is 2. The lowest BCUT2D eigenvalue weighted by molar-refractivity contribution is 0.867. The Balaban J connectivity index is 3.28. The highest BCUT2D eigenvalue weighted by Gasteiger charge is 2.11. The fourth-order valence-electron chi connectivity index (χ4n) is 2.13. The Morgan fingerprint density at radius 1 is 1.00 bits per heavy atom. The SMILES string of the molecule is CCC/C(C#N)=C(CCC)/C(C#N)=C\c1ccccc1. The maximum absolute atomic E-state index is 9.44. The summed E-state index contributed by atoms with van der Waals surface area (Å²) in [5.41, 5.74) is 3.26. The first-order valence-electron chi connectivity index (χ1n) is 7.06. The van der Waals surface area contributed by atoms with E-state index in [9.17, 15) is 10.5 Å². The van der Waals surface area contributed by atoms with Crippen molar-refractivity contribution in [3.8, 4) is 12.1 Å². The van der Waals surface area contributed by atoms with Crippen LogP contribution in [0, 0.1) is 22.7 Å². The molecule has 0 amide bonds. The third-order valence-corrected chi connectivity index (χ3v) is 3.06. The molecule has 1 aromatic carbocycles. The van der Waals surface area contributed by atoms with Crippen molar-refractivity contribution in [2.24, 2.45) is 0 Å². The molecule has 2 nitrogen and oxygen atoms in total. The Morgan fingerprint density at radius 3 is 2.15 bits per heavy atom. The molecule has 0 atom stereocenters. The molecule has 0 bridgehead atoms. The molecule has 0 heterocycles.